The molecule has 0 saturated heterocycles. The van der Waals surface area contributed by atoms with Crippen LogP contribution in [0.3, 0.4) is 0 Å². The fourth-order valence-corrected chi connectivity index (χ4v) is 4.07. The number of benzene rings is 1. The highest BCUT2D eigenvalue weighted by atomic mass is 79.9. The molecule has 1 fully saturated rings. The van der Waals surface area contributed by atoms with Gasteiger partial charge in [0.15, 0.2) is 0 Å². The number of hydrogen-bond donors (Lipinski definition) is 2. The van der Waals surface area contributed by atoms with Crippen LogP contribution in [-0.4, -0.2) is 10.9 Å². The number of nitrogens with one attached hydrogen (secondary N) is 1. The molecular weight excluding hydrogens is 348 g/mol. The van der Waals surface area contributed by atoms with Gasteiger partial charge in [0.25, 0.3) is 0 Å². The third kappa shape index (κ3) is 3.29. The van der Waals surface area contributed by atoms with E-state index in [-0.39, 0.29) is 5.91 Å². The maximum Gasteiger partial charge on any atom is 0.237 e. The van der Waals surface area contributed by atoms with Gasteiger partial charge in [-0.2, -0.15) is 0 Å². The topological polar surface area (TPSA) is 55.1 Å². The average Bonchev–Trinajstić information content (AvgIpc) is 2.43. The Bertz CT molecular complexity index is 557. The van der Waals surface area contributed by atoms with Crippen molar-refractivity contribution >= 4 is 44.7 Å². The minimum atomic E-state index is -0.681. The van der Waals surface area contributed by atoms with Crippen molar-refractivity contribution in [2.45, 2.75) is 46.0 Å². The molecule has 3 nitrogen and oxygen atoms in total. The first-order chi connectivity index (χ1) is 9.86. The summed E-state index contributed by atoms with van der Waals surface area (Å²) in [7, 11) is 0. The van der Waals surface area contributed by atoms with Crippen LogP contribution >= 0.6 is 28.1 Å². The third-order valence-electron chi connectivity index (χ3n) is 4.35. The summed E-state index contributed by atoms with van der Waals surface area (Å²) in [6, 6.07) is 3.99. The number of carbonyl (C=O) groups is 1. The normalized spacial score (nSPS) is 17.3. The first kappa shape index (κ1) is 16.4. The number of anilines is 1. The first-order valence-electron chi connectivity index (χ1n) is 7.25. The van der Waals surface area contributed by atoms with Gasteiger partial charge in [-0.15, -0.1) is 0 Å². The van der Waals surface area contributed by atoms with Crippen molar-refractivity contribution in [1.29, 1.82) is 0 Å². The fourth-order valence-electron chi connectivity index (χ4n) is 3.08. The minimum absolute atomic E-state index is 0.0526. The molecule has 0 spiro atoms. The van der Waals surface area contributed by atoms with Crippen LogP contribution in [-0.2, 0) is 4.79 Å². The fraction of sp³-hybridized carbons (Fsp3) is 0.500. The molecule has 1 amide bonds. The molecular formula is C16H21BrN2OS. The predicted molar refractivity (Wildman–Crippen MR) is 94.5 cm³/mol. The molecule has 1 aromatic carbocycles. The van der Waals surface area contributed by atoms with Gasteiger partial charge in [0.2, 0.25) is 5.91 Å². The maximum atomic E-state index is 12.8. The van der Waals surface area contributed by atoms with Gasteiger partial charge in [-0.1, -0.05) is 47.4 Å². The van der Waals surface area contributed by atoms with E-state index in [1.165, 1.54) is 0 Å². The zero-order valence-electron chi connectivity index (χ0n) is 12.5. The molecule has 1 aliphatic rings. The van der Waals surface area contributed by atoms with Gasteiger partial charge in [-0.05, 0) is 49.9 Å². The van der Waals surface area contributed by atoms with Gasteiger partial charge in [-0.3, -0.25) is 4.79 Å². The van der Waals surface area contributed by atoms with E-state index in [2.05, 4.69) is 21.2 Å². The Balaban J connectivity index is 2.30. The second-order valence-corrected chi connectivity index (χ2v) is 7.23. The highest BCUT2D eigenvalue weighted by molar-refractivity contribution is 9.10. The molecule has 1 aromatic rings. The van der Waals surface area contributed by atoms with Gasteiger partial charge in [0.05, 0.1) is 10.4 Å². The van der Waals surface area contributed by atoms with Crippen molar-refractivity contribution < 1.29 is 4.79 Å². The van der Waals surface area contributed by atoms with Crippen molar-refractivity contribution in [2.75, 3.05) is 5.32 Å². The lowest BCUT2D eigenvalue weighted by atomic mass is 9.73. The van der Waals surface area contributed by atoms with E-state index >= 15 is 0 Å². The van der Waals surface area contributed by atoms with Gasteiger partial charge in [0.1, 0.15) is 0 Å². The molecule has 21 heavy (non-hydrogen) atoms. The zero-order chi connectivity index (χ0) is 15.6. The molecule has 0 aliphatic heterocycles. The summed E-state index contributed by atoms with van der Waals surface area (Å²) in [6.45, 7) is 3.98. The molecule has 0 heterocycles. The number of amides is 1. The van der Waals surface area contributed by atoms with E-state index in [4.69, 9.17) is 18.0 Å². The van der Waals surface area contributed by atoms with Crippen molar-refractivity contribution in [3.63, 3.8) is 0 Å². The maximum absolute atomic E-state index is 12.8. The molecule has 0 unspecified atom stereocenters. The Labute approximate surface area is 139 Å². The van der Waals surface area contributed by atoms with Crippen LogP contribution in [0.5, 0.6) is 0 Å². The van der Waals surface area contributed by atoms with Crippen LogP contribution in [0, 0.1) is 19.3 Å². The highest BCUT2D eigenvalue weighted by Gasteiger charge is 2.42. The van der Waals surface area contributed by atoms with Crippen molar-refractivity contribution in [3.8, 4) is 0 Å². The van der Waals surface area contributed by atoms with Crippen molar-refractivity contribution in [2.24, 2.45) is 11.1 Å². The van der Waals surface area contributed by atoms with Gasteiger partial charge in [-0.25, -0.2) is 0 Å². The summed E-state index contributed by atoms with van der Waals surface area (Å²) in [4.78, 5) is 13.2. The summed E-state index contributed by atoms with van der Waals surface area (Å²) >= 11 is 8.69. The van der Waals surface area contributed by atoms with Gasteiger partial charge >= 0.3 is 0 Å². The molecule has 1 saturated carbocycles. The molecule has 0 bridgehead atoms. The number of aryl methyl sites for hydroxylation is 2. The standard InChI is InChI=1S/C16H21BrN2OS/c1-10-8-12(17)9-11(2)13(10)19-15(20)16(14(18)21)6-4-3-5-7-16/h8-9H,3-7H2,1-2H3,(H2,18,21)(H,19,20). The largest absolute Gasteiger partial charge is 0.392 e. The van der Waals surface area contributed by atoms with Crippen LogP contribution in [0.4, 0.5) is 5.69 Å². The molecule has 0 radical (unpaired) electrons. The average molecular weight is 369 g/mol. The predicted octanol–water partition coefficient (Wildman–Crippen LogP) is 4.24. The van der Waals surface area contributed by atoms with Crippen molar-refractivity contribution in [3.05, 3.63) is 27.7 Å². The lowest BCUT2D eigenvalue weighted by Crippen LogP contribution is -2.47. The number of carbonyl (C=O) groups excluding carboxylic acids is 1. The number of rotatable bonds is 3. The van der Waals surface area contributed by atoms with E-state index in [0.717, 1.165) is 53.4 Å². The number of halogens is 1. The molecule has 2 rings (SSSR count). The van der Waals surface area contributed by atoms with Crippen LogP contribution in [0.1, 0.15) is 43.2 Å². The Morgan fingerprint density at radius 2 is 1.76 bits per heavy atom. The quantitative estimate of drug-likeness (QED) is 0.784. The highest BCUT2D eigenvalue weighted by Crippen LogP contribution is 2.38. The third-order valence-corrected chi connectivity index (χ3v) is 5.20. The van der Waals surface area contributed by atoms with E-state index < -0.39 is 5.41 Å². The Kier molecular flexibility index (Phi) is 5.04. The Morgan fingerprint density at radius 1 is 1.24 bits per heavy atom. The molecule has 1 aliphatic carbocycles. The van der Waals surface area contributed by atoms with Gasteiger partial charge < -0.3 is 11.1 Å². The van der Waals surface area contributed by atoms with Crippen LogP contribution in [0.25, 0.3) is 0 Å². The summed E-state index contributed by atoms with van der Waals surface area (Å²) in [6.07, 6.45) is 4.66. The molecule has 0 atom stereocenters. The second kappa shape index (κ2) is 6.44. The Morgan fingerprint density at radius 3 is 2.24 bits per heavy atom. The number of nitrogens with two attached hydrogens (primary N) is 1. The summed E-state index contributed by atoms with van der Waals surface area (Å²) < 4.78 is 1.01. The lowest BCUT2D eigenvalue weighted by molar-refractivity contribution is -0.123. The van der Waals surface area contributed by atoms with E-state index in [0.29, 0.717) is 4.99 Å². The lowest BCUT2D eigenvalue weighted by Gasteiger charge is -2.35. The molecule has 3 N–H and O–H groups in total. The minimum Gasteiger partial charge on any atom is -0.392 e. The van der Waals surface area contributed by atoms with Crippen LogP contribution in [0.2, 0.25) is 0 Å². The SMILES string of the molecule is Cc1cc(Br)cc(C)c1NC(=O)C1(C(N)=S)CCCCC1. The second-order valence-electron chi connectivity index (χ2n) is 5.88. The first-order valence-corrected chi connectivity index (χ1v) is 8.45. The van der Waals surface area contributed by atoms with Crippen LogP contribution < -0.4 is 11.1 Å². The zero-order valence-corrected chi connectivity index (χ0v) is 14.9. The molecule has 114 valence electrons. The summed E-state index contributed by atoms with van der Waals surface area (Å²) in [5, 5.41) is 3.07. The van der Waals surface area contributed by atoms with Gasteiger partial charge in [0, 0.05) is 10.2 Å². The molecule has 5 heteroatoms. The number of hydrogen-bond acceptors (Lipinski definition) is 2. The van der Waals surface area contributed by atoms with Crippen LogP contribution in [0.15, 0.2) is 16.6 Å². The number of thiocarbonyl (C=S) groups is 1. The monoisotopic (exact) mass is 368 g/mol. The van der Waals surface area contributed by atoms with E-state index in [1.807, 2.05) is 26.0 Å². The summed E-state index contributed by atoms with van der Waals surface area (Å²) in [5.74, 6) is -0.0526. The summed E-state index contributed by atoms with van der Waals surface area (Å²) in [5.41, 5.74) is 8.17. The Hall–Kier alpha value is -0.940. The van der Waals surface area contributed by atoms with Crippen molar-refractivity contribution in [1.82, 2.24) is 0 Å². The van der Waals surface area contributed by atoms with E-state index in [1.54, 1.807) is 0 Å². The van der Waals surface area contributed by atoms with E-state index in [9.17, 15) is 4.79 Å². The smallest absolute Gasteiger partial charge is 0.237 e. The molecule has 0 aromatic heterocycles.